The monoisotopic (exact) mass is 414 g/mol. The molecule has 0 aromatic heterocycles. The zero-order valence-electron chi connectivity index (χ0n) is 18.0. The summed E-state index contributed by atoms with van der Waals surface area (Å²) in [7, 11) is 0. The van der Waals surface area contributed by atoms with Gasteiger partial charge in [0.05, 0.1) is 12.3 Å². The summed E-state index contributed by atoms with van der Waals surface area (Å²) in [5.41, 5.74) is -0.182. The topological polar surface area (TPSA) is 73.9 Å². The summed E-state index contributed by atoms with van der Waals surface area (Å²) >= 11 is 0. The van der Waals surface area contributed by atoms with E-state index in [4.69, 9.17) is 4.74 Å². The molecule has 3 fully saturated rings. The molecule has 4 rings (SSSR count). The largest absolute Gasteiger partial charge is 0.492 e. The number of urea groups is 1. The van der Waals surface area contributed by atoms with Crippen LogP contribution in [0, 0.1) is 0 Å². The lowest BCUT2D eigenvalue weighted by Crippen LogP contribution is -2.64. The second kappa shape index (κ2) is 9.25. The van der Waals surface area contributed by atoms with Gasteiger partial charge in [0.25, 0.3) is 0 Å². The number of anilines is 1. The Hall–Kier alpha value is -2.28. The number of ether oxygens (including phenoxy) is 1. The fourth-order valence-corrected chi connectivity index (χ4v) is 5.25. The number of para-hydroxylation sites is 2. The number of nitrogens with one attached hydrogen (secondary N) is 2. The zero-order valence-corrected chi connectivity index (χ0v) is 18.0. The summed E-state index contributed by atoms with van der Waals surface area (Å²) in [5.74, 6) is 0.735. The highest BCUT2D eigenvalue weighted by Gasteiger charge is 2.45. The van der Waals surface area contributed by atoms with Gasteiger partial charge in [-0.05, 0) is 51.3 Å². The fraction of sp³-hybridized carbons (Fsp3) is 0.652. The van der Waals surface area contributed by atoms with Gasteiger partial charge in [-0.1, -0.05) is 31.4 Å². The normalized spacial score (nSPS) is 23.5. The van der Waals surface area contributed by atoms with Gasteiger partial charge in [-0.15, -0.1) is 0 Å². The van der Waals surface area contributed by atoms with E-state index in [1.165, 1.54) is 12.8 Å². The predicted molar refractivity (Wildman–Crippen MR) is 117 cm³/mol. The first-order valence-corrected chi connectivity index (χ1v) is 11.5. The van der Waals surface area contributed by atoms with Crippen molar-refractivity contribution < 1.29 is 14.3 Å². The Bertz CT molecular complexity index is 763. The molecule has 3 amide bonds. The van der Waals surface area contributed by atoms with Crippen LogP contribution in [0.5, 0.6) is 5.75 Å². The lowest BCUT2D eigenvalue weighted by molar-refractivity contribution is -0.142. The number of piperazine rings is 1. The maximum Gasteiger partial charge on any atom is 0.320 e. The molecule has 2 aliphatic heterocycles. The molecule has 1 atom stereocenters. The molecule has 0 unspecified atom stereocenters. The molecule has 2 heterocycles. The van der Waals surface area contributed by atoms with E-state index >= 15 is 0 Å². The minimum atomic E-state index is -0.802. The number of carbonyl (C=O) groups excluding carboxylic acids is 2. The molecule has 1 saturated carbocycles. The van der Waals surface area contributed by atoms with Crippen LogP contribution < -0.4 is 15.4 Å². The van der Waals surface area contributed by atoms with Crippen molar-refractivity contribution in [2.45, 2.75) is 63.5 Å². The summed E-state index contributed by atoms with van der Waals surface area (Å²) in [6, 6.07) is 7.54. The van der Waals surface area contributed by atoms with Crippen molar-refractivity contribution in [3.8, 4) is 5.75 Å². The summed E-state index contributed by atoms with van der Waals surface area (Å²) < 4.78 is 5.61. The maximum absolute atomic E-state index is 13.7. The van der Waals surface area contributed by atoms with Crippen LogP contribution in [0.15, 0.2) is 24.3 Å². The molecule has 7 heteroatoms. The van der Waals surface area contributed by atoms with Gasteiger partial charge < -0.3 is 20.3 Å². The minimum absolute atomic E-state index is 0.0991. The molecule has 1 aromatic carbocycles. The Morgan fingerprint density at radius 3 is 2.70 bits per heavy atom. The summed E-state index contributed by atoms with van der Waals surface area (Å²) in [6.07, 6.45) is 6.84. The molecular formula is C23H34N4O3. The highest BCUT2D eigenvalue weighted by molar-refractivity contribution is 5.97. The molecular weight excluding hydrogens is 380 g/mol. The van der Waals surface area contributed by atoms with E-state index in [0.717, 1.165) is 45.4 Å². The molecule has 1 aliphatic carbocycles. The summed E-state index contributed by atoms with van der Waals surface area (Å²) in [5, 5.41) is 6.00. The number of rotatable bonds is 5. The highest BCUT2D eigenvalue weighted by Crippen LogP contribution is 2.32. The van der Waals surface area contributed by atoms with E-state index in [-0.39, 0.29) is 11.9 Å². The number of fused-ring (bicyclic) bond motifs is 1. The number of carbonyl (C=O) groups is 2. The van der Waals surface area contributed by atoms with E-state index in [0.29, 0.717) is 36.9 Å². The van der Waals surface area contributed by atoms with Crippen LogP contribution in [0.25, 0.3) is 0 Å². The van der Waals surface area contributed by atoms with Gasteiger partial charge in [-0.3, -0.25) is 9.69 Å². The van der Waals surface area contributed by atoms with Crippen molar-refractivity contribution in [1.82, 2.24) is 15.1 Å². The Labute approximate surface area is 179 Å². The Balaban J connectivity index is 1.46. The van der Waals surface area contributed by atoms with Crippen molar-refractivity contribution in [3.63, 3.8) is 0 Å². The number of hydrogen-bond acceptors (Lipinski definition) is 4. The molecule has 0 spiro atoms. The van der Waals surface area contributed by atoms with Gasteiger partial charge in [0.2, 0.25) is 5.91 Å². The third-order valence-electron chi connectivity index (χ3n) is 6.78. The van der Waals surface area contributed by atoms with Gasteiger partial charge in [-0.25, -0.2) is 4.79 Å². The fourth-order valence-electron chi connectivity index (χ4n) is 5.25. The van der Waals surface area contributed by atoms with Crippen molar-refractivity contribution in [3.05, 3.63) is 24.3 Å². The van der Waals surface area contributed by atoms with Gasteiger partial charge in [0, 0.05) is 25.7 Å². The van der Waals surface area contributed by atoms with Crippen molar-refractivity contribution in [1.29, 1.82) is 0 Å². The molecule has 2 saturated heterocycles. The standard InChI is InChI=1S/C23H34N4O3/c1-2-30-20-11-5-4-10-19(20)24-22(29)25-23(12-6-3-7-13-23)21(28)27-16-15-26-14-8-9-18(26)17-27/h4-5,10-11,18H,2-3,6-9,12-17H2,1H3,(H2,24,25,29)/t18-/m1/s1. The van der Waals surface area contributed by atoms with Crippen molar-refractivity contribution >= 4 is 17.6 Å². The molecule has 0 bridgehead atoms. The van der Waals surface area contributed by atoms with Crippen LogP contribution in [0.1, 0.15) is 51.9 Å². The molecule has 1 aromatic rings. The summed E-state index contributed by atoms with van der Waals surface area (Å²) in [6.45, 7) is 6.08. The molecule has 2 N–H and O–H groups in total. The molecule has 164 valence electrons. The minimum Gasteiger partial charge on any atom is -0.492 e. The molecule has 30 heavy (non-hydrogen) atoms. The number of hydrogen-bond donors (Lipinski definition) is 2. The average molecular weight is 415 g/mol. The molecule has 3 aliphatic rings. The Morgan fingerprint density at radius 2 is 1.90 bits per heavy atom. The maximum atomic E-state index is 13.7. The van der Waals surface area contributed by atoms with Gasteiger partial charge in [0.15, 0.2) is 0 Å². The number of amides is 3. The first-order valence-electron chi connectivity index (χ1n) is 11.5. The third kappa shape index (κ3) is 4.41. The van der Waals surface area contributed by atoms with Crippen molar-refractivity contribution in [2.75, 3.05) is 38.1 Å². The lowest BCUT2D eigenvalue weighted by Gasteiger charge is -2.44. The van der Waals surface area contributed by atoms with E-state index in [1.54, 1.807) is 0 Å². The molecule has 0 radical (unpaired) electrons. The lowest BCUT2D eigenvalue weighted by atomic mass is 9.80. The second-order valence-corrected chi connectivity index (χ2v) is 8.73. The number of benzene rings is 1. The first kappa shape index (κ1) is 21.0. The van der Waals surface area contributed by atoms with Crippen LogP contribution in [-0.4, -0.2) is 66.1 Å². The molecule has 7 nitrogen and oxygen atoms in total. The van der Waals surface area contributed by atoms with Crippen LogP contribution in [-0.2, 0) is 4.79 Å². The van der Waals surface area contributed by atoms with Crippen LogP contribution in [0.3, 0.4) is 0 Å². The van der Waals surface area contributed by atoms with E-state index in [2.05, 4.69) is 15.5 Å². The van der Waals surface area contributed by atoms with Gasteiger partial charge in [0.1, 0.15) is 11.3 Å². The second-order valence-electron chi connectivity index (χ2n) is 8.73. The van der Waals surface area contributed by atoms with E-state index < -0.39 is 5.54 Å². The Kier molecular flexibility index (Phi) is 6.46. The van der Waals surface area contributed by atoms with Crippen LogP contribution >= 0.6 is 0 Å². The predicted octanol–water partition coefficient (Wildman–Crippen LogP) is 3.22. The van der Waals surface area contributed by atoms with E-state index in [1.807, 2.05) is 36.1 Å². The van der Waals surface area contributed by atoms with Gasteiger partial charge >= 0.3 is 6.03 Å². The highest BCUT2D eigenvalue weighted by atomic mass is 16.5. The smallest absolute Gasteiger partial charge is 0.320 e. The van der Waals surface area contributed by atoms with Crippen LogP contribution in [0.2, 0.25) is 0 Å². The van der Waals surface area contributed by atoms with Gasteiger partial charge in [-0.2, -0.15) is 0 Å². The summed E-state index contributed by atoms with van der Waals surface area (Å²) in [4.78, 5) is 31.1. The zero-order chi connectivity index (χ0) is 21.0. The van der Waals surface area contributed by atoms with E-state index in [9.17, 15) is 9.59 Å². The average Bonchev–Trinajstić information content (AvgIpc) is 3.23. The van der Waals surface area contributed by atoms with Crippen LogP contribution in [0.4, 0.5) is 10.5 Å². The quantitative estimate of drug-likeness (QED) is 0.776. The number of nitrogens with zero attached hydrogens (tertiary/aromatic N) is 2. The SMILES string of the molecule is CCOc1ccccc1NC(=O)NC1(C(=O)N2CCN3CCC[C@@H]3C2)CCCCC1. The van der Waals surface area contributed by atoms with Crippen molar-refractivity contribution in [2.24, 2.45) is 0 Å². The third-order valence-corrected chi connectivity index (χ3v) is 6.78. The first-order chi connectivity index (χ1) is 14.6. The Morgan fingerprint density at radius 1 is 1.10 bits per heavy atom.